The van der Waals surface area contributed by atoms with Gasteiger partial charge in [0, 0.05) is 29.2 Å². The Morgan fingerprint density at radius 1 is 1.19 bits per heavy atom. The third-order valence-electron chi connectivity index (χ3n) is 6.33. The van der Waals surface area contributed by atoms with Gasteiger partial charge in [-0.1, -0.05) is 51.5 Å². The molecule has 2 heterocycles. The number of aromatic nitrogens is 1. The molecule has 0 aliphatic carbocycles. The second-order valence-electron chi connectivity index (χ2n) is 8.95. The number of hydrogen-bond donors (Lipinski definition) is 4. The number of carbonyl (C=O) groups is 1. The lowest BCUT2D eigenvalue weighted by molar-refractivity contribution is -0.120. The Kier molecular flexibility index (Phi) is 11.7. The molecule has 6 heteroatoms. The number of allylic oxidation sites excluding steroid dienone is 6. The molecule has 1 fully saturated rings. The number of nitrogens with zero attached hydrogens (tertiary/aromatic N) is 1. The molecule has 0 atom stereocenters. The van der Waals surface area contributed by atoms with Crippen LogP contribution in [0.15, 0.2) is 51.3 Å². The fourth-order valence-corrected chi connectivity index (χ4v) is 4.60. The zero-order chi connectivity index (χ0) is 26.7. The van der Waals surface area contributed by atoms with Crippen LogP contribution >= 0.6 is 0 Å². The van der Waals surface area contributed by atoms with Crippen molar-refractivity contribution in [2.45, 2.75) is 80.1 Å². The van der Waals surface area contributed by atoms with Crippen molar-refractivity contribution in [1.82, 2.24) is 15.6 Å². The number of aromatic amines is 1. The van der Waals surface area contributed by atoms with Gasteiger partial charge >= 0.3 is 0 Å². The predicted molar refractivity (Wildman–Crippen MR) is 152 cm³/mol. The molecule has 1 saturated heterocycles. The van der Waals surface area contributed by atoms with Gasteiger partial charge in [-0.2, -0.15) is 0 Å². The van der Waals surface area contributed by atoms with Gasteiger partial charge in [-0.15, -0.1) is 0 Å². The summed E-state index contributed by atoms with van der Waals surface area (Å²) in [4.78, 5) is 20.1. The number of carbonyl (C=O) groups excluding carboxylic acids is 1. The summed E-state index contributed by atoms with van der Waals surface area (Å²) in [5, 5.41) is 18.9. The van der Waals surface area contributed by atoms with Gasteiger partial charge in [0.25, 0.3) is 0 Å². The van der Waals surface area contributed by atoms with Crippen molar-refractivity contribution in [2.24, 2.45) is 4.99 Å². The monoisotopic (exact) mass is 492 g/mol. The maximum absolute atomic E-state index is 12.2. The van der Waals surface area contributed by atoms with E-state index in [1.165, 1.54) is 11.1 Å². The maximum atomic E-state index is 12.2. The van der Waals surface area contributed by atoms with Crippen LogP contribution in [0.25, 0.3) is 12.2 Å². The first-order valence-corrected chi connectivity index (χ1v) is 13.2. The molecule has 36 heavy (non-hydrogen) atoms. The molecule has 0 unspecified atom stereocenters. The Morgan fingerprint density at radius 3 is 2.53 bits per heavy atom. The van der Waals surface area contributed by atoms with Crippen molar-refractivity contribution >= 4 is 23.8 Å². The third-order valence-corrected chi connectivity index (χ3v) is 6.33. The smallest absolute Gasteiger partial charge is 0.224 e. The number of rotatable bonds is 10. The molecule has 0 aromatic carbocycles. The highest BCUT2D eigenvalue weighted by Crippen LogP contribution is 2.30. The summed E-state index contributed by atoms with van der Waals surface area (Å²) < 4.78 is 0. The minimum Gasteiger partial charge on any atom is -0.494 e. The summed E-state index contributed by atoms with van der Waals surface area (Å²) in [7, 11) is 1.89. The first kappa shape index (κ1) is 29.1. The largest absolute Gasteiger partial charge is 0.494 e. The molecule has 1 amide bonds. The van der Waals surface area contributed by atoms with Crippen LogP contribution in [0.2, 0.25) is 0 Å². The number of aromatic hydroxyl groups is 1. The van der Waals surface area contributed by atoms with Crippen LogP contribution in [-0.4, -0.2) is 35.3 Å². The van der Waals surface area contributed by atoms with E-state index in [4.69, 9.17) is 4.99 Å². The molecule has 196 valence electrons. The number of piperidine rings is 1. The van der Waals surface area contributed by atoms with Gasteiger partial charge in [0.1, 0.15) is 0 Å². The molecule has 0 saturated carbocycles. The average molecular weight is 493 g/mol. The number of H-pyrrole nitrogens is 1. The lowest BCUT2D eigenvalue weighted by atomic mass is 9.88. The average Bonchev–Trinajstić information content (AvgIpc) is 3.18. The van der Waals surface area contributed by atoms with Gasteiger partial charge in [-0.3, -0.25) is 9.79 Å². The molecule has 1 aromatic heterocycles. The van der Waals surface area contributed by atoms with Crippen molar-refractivity contribution in [2.75, 3.05) is 13.6 Å². The Morgan fingerprint density at radius 2 is 1.94 bits per heavy atom. The number of aliphatic imine (C=N–C) groups is 1. The van der Waals surface area contributed by atoms with E-state index in [0.717, 1.165) is 65.4 Å². The summed E-state index contributed by atoms with van der Waals surface area (Å²) in [6, 6.07) is 0. The van der Waals surface area contributed by atoms with Gasteiger partial charge in [-0.05, 0) is 76.3 Å². The molecular formula is C30H44N4O2. The molecule has 0 spiro atoms. The van der Waals surface area contributed by atoms with Crippen LogP contribution in [0.1, 0.15) is 85.6 Å². The van der Waals surface area contributed by atoms with E-state index < -0.39 is 0 Å². The van der Waals surface area contributed by atoms with Crippen LogP contribution in [0.5, 0.6) is 5.88 Å². The van der Waals surface area contributed by atoms with Crippen LogP contribution in [0, 0.1) is 0 Å². The van der Waals surface area contributed by atoms with E-state index in [1.807, 2.05) is 40.0 Å². The summed E-state index contributed by atoms with van der Waals surface area (Å²) in [5.74, 6) is 0.195. The number of hydrogen-bond acceptors (Lipinski definition) is 4. The number of likely N-dealkylation sites (N-methyl/N-ethyl adjacent to an activating group) is 1. The molecular weight excluding hydrogens is 448 g/mol. The van der Waals surface area contributed by atoms with Gasteiger partial charge in [0.05, 0.1) is 17.0 Å². The van der Waals surface area contributed by atoms with Crippen molar-refractivity contribution in [1.29, 1.82) is 0 Å². The highest BCUT2D eigenvalue weighted by atomic mass is 16.3. The quantitative estimate of drug-likeness (QED) is 0.351. The molecule has 1 aliphatic rings. The van der Waals surface area contributed by atoms with Crippen LogP contribution in [0.3, 0.4) is 0 Å². The Hall–Kier alpha value is -3.12. The molecule has 6 nitrogen and oxygen atoms in total. The molecule has 0 bridgehead atoms. The Balaban J connectivity index is 2.82. The third kappa shape index (κ3) is 7.20. The highest BCUT2D eigenvalue weighted by molar-refractivity contribution is 6.02. The number of nitrogens with one attached hydrogen (secondary N) is 3. The van der Waals surface area contributed by atoms with Crippen molar-refractivity contribution < 1.29 is 9.90 Å². The van der Waals surface area contributed by atoms with E-state index in [-0.39, 0.29) is 11.8 Å². The van der Waals surface area contributed by atoms with Crippen molar-refractivity contribution in [3.05, 3.63) is 62.5 Å². The topological polar surface area (TPSA) is 89.5 Å². The minimum atomic E-state index is 0.0791. The van der Waals surface area contributed by atoms with Gasteiger partial charge in [0.2, 0.25) is 5.91 Å². The standard InChI is InChI=1S/C30H44N4O2/c1-8-13-15-27-24(16-17-28(35)33-27)23(11-4)21(14-9-2)18-25-26(12-5)34-30(36)29(25)20(6)32-22(10-3)19-31-7/h10,12,14-15,18,31,34,36H,8-9,11,13,16-17,19H2,1-7H3,(H,33,35)/b21-14-,22-10+,24-23+,25-18+,26-12+,27-15+,32-20?. The van der Waals surface area contributed by atoms with Gasteiger partial charge < -0.3 is 20.7 Å². The van der Waals surface area contributed by atoms with Crippen LogP contribution in [-0.2, 0) is 4.79 Å². The first-order chi connectivity index (χ1) is 17.3. The highest BCUT2D eigenvalue weighted by Gasteiger charge is 2.21. The molecule has 0 radical (unpaired) electrons. The SMILES string of the molecule is C/C=C(\CNC)N=C(C)c1c(O)[nH]c(=C/C)/c1=C\C(=C\CC)C(\CC)=C1/CCC(=O)N/C1=C/CCC. The molecule has 1 aliphatic heterocycles. The summed E-state index contributed by atoms with van der Waals surface area (Å²) in [6.07, 6.45) is 15.4. The first-order valence-electron chi connectivity index (χ1n) is 13.2. The Labute approximate surface area is 216 Å². The normalized spacial score (nSPS) is 19.4. The van der Waals surface area contributed by atoms with Gasteiger partial charge in [-0.25, -0.2) is 0 Å². The predicted octanol–water partition coefficient (Wildman–Crippen LogP) is 4.87. The van der Waals surface area contributed by atoms with E-state index in [9.17, 15) is 9.90 Å². The second-order valence-corrected chi connectivity index (χ2v) is 8.95. The van der Waals surface area contributed by atoms with E-state index in [2.05, 4.69) is 54.6 Å². The maximum Gasteiger partial charge on any atom is 0.224 e. The zero-order valence-electron chi connectivity index (χ0n) is 23.1. The summed E-state index contributed by atoms with van der Waals surface area (Å²) >= 11 is 0. The molecule has 4 N–H and O–H groups in total. The van der Waals surface area contributed by atoms with E-state index in [0.29, 0.717) is 18.5 Å². The lowest BCUT2D eigenvalue weighted by Crippen LogP contribution is -2.30. The Bertz CT molecular complexity index is 1210. The van der Waals surface area contributed by atoms with Gasteiger partial charge in [0.15, 0.2) is 5.88 Å². The molecule has 1 aromatic rings. The number of amides is 1. The van der Waals surface area contributed by atoms with Crippen molar-refractivity contribution in [3.8, 4) is 5.88 Å². The fourth-order valence-electron chi connectivity index (χ4n) is 4.60. The van der Waals surface area contributed by atoms with Crippen LogP contribution in [0.4, 0.5) is 0 Å². The fraction of sp³-hybridized carbons (Fsp3) is 0.467. The minimum absolute atomic E-state index is 0.0791. The van der Waals surface area contributed by atoms with Crippen LogP contribution < -0.4 is 21.2 Å². The second kappa shape index (κ2) is 14.4. The summed E-state index contributed by atoms with van der Waals surface area (Å²) in [5.41, 5.74) is 6.87. The number of unbranched alkanes of at least 4 members (excludes halogenated alkanes) is 1. The summed E-state index contributed by atoms with van der Waals surface area (Å²) in [6.45, 7) is 12.9. The zero-order valence-corrected chi connectivity index (χ0v) is 23.1. The lowest BCUT2D eigenvalue weighted by Gasteiger charge is -2.24. The van der Waals surface area contributed by atoms with E-state index >= 15 is 0 Å². The van der Waals surface area contributed by atoms with E-state index in [1.54, 1.807) is 0 Å². The van der Waals surface area contributed by atoms with Crippen molar-refractivity contribution in [3.63, 3.8) is 0 Å². The molecule has 2 rings (SSSR count).